The van der Waals surface area contributed by atoms with Crippen molar-refractivity contribution in [1.29, 1.82) is 0 Å². The second kappa shape index (κ2) is 7.83. The summed E-state index contributed by atoms with van der Waals surface area (Å²) in [7, 11) is -3.63. The molecule has 2 aliphatic rings. The number of nitrogens with one attached hydrogen (secondary N) is 1. The molecule has 27 heavy (non-hydrogen) atoms. The number of benzene rings is 1. The van der Waals surface area contributed by atoms with Crippen molar-refractivity contribution in [2.45, 2.75) is 30.6 Å². The SMILES string of the molecule is O=S(=O)(NCC1(CN2CCCC2)CCOCC1)c1cccc2cccnc12. The van der Waals surface area contributed by atoms with Crippen molar-refractivity contribution in [3.8, 4) is 0 Å². The molecule has 2 aromatic rings. The van der Waals surface area contributed by atoms with E-state index in [1.54, 1.807) is 18.3 Å². The molecule has 2 saturated heterocycles. The standard InChI is InChI=1S/C20H27N3O3S/c24-27(25,18-7-3-5-17-6-4-10-21-19(17)18)22-15-20(8-13-26-14-9-20)16-23-11-1-2-12-23/h3-7,10,22H,1-2,8-9,11-16H2. The highest BCUT2D eigenvalue weighted by atomic mass is 32.2. The van der Waals surface area contributed by atoms with E-state index in [1.807, 2.05) is 18.2 Å². The number of hydrogen-bond donors (Lipinski definition) is 1. The largest absolute Gasteiger partial charge is 0.381 e. The lowest BCUT2D eigenvalue weighted by Crippen LogP contribution is -2.48. The Bertz CT molecular complexity index is 883. The van der Waals surface area contributed by atoms with Gasteiger partial charge in [0, 0.05) is 43.3 Å². The van der Waals surface area contributed by atoms with Gasteiger partial charge in [-0.15, -0.1) is 0 Å². The van der Waals surface area contributed by atoms with Crippen molar-refractivity contribution < 1.29 is 13.2 Å². The number of pyridine rings is 1. The molecule has 0 spiro atoms. The second-order valence-electron chi connectivity index (χ2n) is 7.75. The second-order valence-corrected chi connectivity index (χ2v) is 9.49. The van der Waals surface area contributed by atoms with Gasteiger partial charge in [0.2, 0.25) is 10.0 Å². The Hall–Kier alpha value is -1.54. The summed E-state index contributed by atoms with van der Waals surface area (Å²) in [6.07, 6.45) is 5.88. The number of sulfonamides is 1. The van der Waals surface area contributed by atoms with Crippen LogP contribution in [-0.2, 0) is 14.8 Å². The van der Waals surface area contributed by atoms with Crippen LogP contribution < -0.4 is 4.72 Å². The highest BCUT2D eigenvalue weighted by Gasteiger charge is 2.36. The molecule has 1 N–H and O–H groups in total. The van der Waals surface area contributed by atoms with Crippen LogP contribution in [-0.4, -0.2) is 57.7 Å². The quantitative estimate of drug-likeness (QED) is 0.821. The van der Waals surface area contributed by atoms with Crippen LogP contribution in [0.2, 0.25) is 0 Å². The number of aromatic nitrogens is 1. The fourth-order valence-electron chi connectivity index (χ4n) is 4.23. The number of ether oxygens (including phenoxy) is 1. The summed E-state index contributed by atoms with van der Waals surface area (Å²) >= 11 is 0. The van der Waals surface area contributed by atoms with Crippen molar-refractivity contribution in [2.75, 3.05) is 39.4 Å². The molecule has 2 fully saturated rings. The Balaban J connectivity index is 1.55. The first-order valence-corrected chi connectivity index (χ1v) is 11.2. The van der Waals surface area contributed by atoms with E-state index in [0.29, 0.717) is 25.3 Å². The maximum Gasteiger partial charge on any atom is 0.242 e. The van der Waals surface area contributed by atoms with Crippen molar-refractivity contribution >= 4 is 20.9 Å². The van der Waals surface area contributed by atoms with Crippen LogP contribution in [0.3, 0.4) is 0 Å². The van der Waals surface area contributed by atoms with Gasteiger partial charge in [-0.3, -0.25) is 4.98 Å². The number of hydrogen-bond acceptors (Lipinski definition) is 5. The summed E-state index contributed by atoms with van der Waals surface area (Å²) in [5, 5.41) is 0.832. The molecule has 1 aromatic carbocycles. The fraction of sp³-hybridized carbons (Fsp3) is 0.550. The van der Waals surface area contributed by atoms with Crippen molar-refractivity contribution in [3.05, 3.63) is 36.5 Å². The molecule has 2 aliphatic heterocycles. The van der Waals surface area contributed by atoms with Crippen molar-refractivity contribution in [1.82, 2.24) is 14.6 Å². The maximum atomic E-state index is 13.1. The predicted molar refractivity (Wildman–Crippen MR) is 105 cm³/mol. The monoisotopic (exact) mass is 389 g/mol. The zero-order chi connectivity index (χ0) is 18.7. The van der Waals surface area contributed by atoms with Gasteiger partial charge in [0.15, 0.2) is 0 Å². The number of para-hydroxylation sites is 1. The molecule has 0 atom stereocenters. The van der Waals surface area contributed by atoms with Gasteiger partial charge in [0.05, 0.1) is 5.52 Å². The Morgan fingerprint density at radius 2 is 1.85 bits per heavy atom. The minimum atomic E-state index is -3.63. The minimum Gasteiger partial charge on any atom is -0.381 e. The summed E-state index contributed by atoms with van der Waals surface area (Å²) in [6, 6.07) is 8.99. The van der Waals surface area contributed by atoms with Crippen LogP contribution in [0.25, 0.3) is 10.9 Å². The van der Waals surface area contributed by atoms with Crippen molar-refractivity contribution in [2.24, 2.45) is 5.41 Å². The third kappa shape index (κ3) is 4.16. The third-order valence-corrected chi connectivity index (χ3v) is 7.27. The zero-order valence-electron chi connectivity index (χ0n) is 15.6. The van der Waals surface area contributed by atoms with Crippen molar-refractivity contribution in [3.63, 3.8) is 0 Å². The van der Waals surface area contributed by atoms with E-state index in [-0.39, 0.29) is 10.3 Å². The molecule has 0 radical (unpaired) electrons. The molecule has 0 unspecified atom stereocenters. The lowest BCUT2D eigenvalue weighted by atomic mass is 9.80. The van der Waals surface area contributed by atoms with Gasteiger partial charge in [-0.25, -0.2) is 13.1 Å². The third-order valence-electron chi connectivity index (χ3n) is 5.83. The van der Waals surface area contributed by atoms with Gasteiger partial charge in [-0.05, 0) is 50.9 Å². The van der Waals surface area contributed by atoms with Crippen LogP contribution >= 0.6 is 0 Å². The van der Waals surface area contributed by atoms with Crippen LogP contribution in [0.4, 0.5) is 0 Å². The number of nitrogens with zero attached hydrogens (tertiary/aromatic N) is 2. The minimum absolute atomic E-state index is 0.0618. The first kappa shape index (κ1) is 18.8. The summed E-state index contributed by atoms with van der Waals surface area (Å²) in [6.45, 7) is 5.01. The van der Waals surface area contributed by atoms with Crippen LogP contribution in [0.5, 0.6) is 0 Å². The fourth-order valence-corrected chi connectivity index (χ4v) is 5.56. The van der Waals surface area contributed by atoms with E-state index in [2.05, 4.69) is 14.6 Å². The van der Waals surface area contributed by atoms with Crippen LogP contribution in [0.1, 0.15) is 25.7 Å². The summed E-state index contributed by atoms with van der Waals surface area (Å²) in [5.74, 6) is 0. The molecule has 1 aromatic heterocycles. The Kier molecular flexibility index (Phi) is 5.45. The molecule has 146 valence electrons. The Morgan fingerprint density at radius 1 is 1.11 bits per heavy atom. The normalized spacial score (nSPS) is 20.9. The average Bonchev–Trinajstić information content (AvgIpc) is 3.20. The molecule has 3 heterocycles. The first-order chi connectivity index (χ1) is 13.1. The summed E-state index contributed by atoms with van der Waals surface area (Å²) < 4.78 is 34.6. The highest BCUT2D eigenvalue weighted by molar-refractivity contribution is 7.89. The number of fused-ring (bicyclic) bond motifs is 1. The van der Waals surface area contributed by atoms with Gasteiger partial charge in [0.25, 0.3) is 0 Å². The smallest absolute Gasteiger partial charge is 0.242 e. The Labute approximate surface area is 161 Å². The van der Waals surface area contributed by atoms with E-state index in [0.717, 1.165) is 37.9 Å². The zero-order valence-corrected chi connectivity index (χ0v) is 16.4. The van der Waals surface area contributed by atoms with Gasteiger partial charge in [-0.2, -0.15) is 0 Å². The predicted octanol–water partition coefficient (Wildman–Crippen LogP) is 2.41. The van der Waals surface area contributed by atoms with Crippen LogP contribution in [0, 0.1) is 5.41 Å². The number of likely N-dealkylation sites (tertiary alicyclic amines) is 1. The van der Waals surface area contributed by atoms with Gasteiger partial charge in [-0.1, -0.05) is 18.2 Å². The molecule has 0 amide bonds. The summed E-state index contributed by atoms with van der Waals surface area (Å²) in [5.41, 5.74) is 0.460. The maximum absolute atomic E-state index is 13.1. The molecular weight excluding hydrogens is 362 g/mol. The number of rotatable bonds is 6. The van der Waals surface area contributed by atoms with Gasteiger partial charge < -0.3 is 9.64 Å². The highest BCUT2D eigenvalue weighted by Crippen LogP contribution is 2.33. The summed E-state index contributed by atoms with van der Waals surface area (Å²) in [4.78, 5) is 7.02. The van der Waals surface area contributed by atoms with E-state index in [4.69, 9.17) is 4.74 Å². The lowest BCUT2D eigenvalue weighted by molar-refractivity contribution is 0.00157. The molecule has 0 bridgehead atoms. The molecule has 0 aliphatic carbocycles. The molecule has 0 saturated carbocycles. The lowest BCUT2D eigenvalue weighted by Gasteiger charge is -2.40. The van der Waals surface area contributed by atoms with Gasteiger partial charge in [0.1, 0.15) is 4.90 Å². The van der Waals surface area contributed by atoms with E-state index < -0.39 is 10.0 Å². The van der Waals surface area contributed by atoms with E-state index in [9.17, 15) is 8.42 Å². The molecule has 7 heteroatoms. The van der Waals surface area contributed by atoms with E-state index in [1.165, 1.54) is 12.8 Å². The van der Waals surface area contributed by atoms with E-state index >= 15 is 0 Å². The molecule has 6 nitrogen and oxygen atoms in total. The topological polar surface area (TPSA) is 71.5 Å². The first-order valence-electron chi connectivity index (χ1n) is 9.72. The van der Waals surface area contributed by atoms with Crippen LogP contribution in [0.15, 0.2) is 41.4 Å². The average molecular weight is 390 g/mol. The van der Waals surface area contributed by atoms with Gasteiger partial charge >= 0.3 is 0 Å². The Morgan fingerprint density at radius 3 is 2.63 bits per heavy atom. The molecule has 4 rings (SSSR count). The molecular formula is C20H27N3O3S.